The van der Waals surface area contributed by atoms with E-state index in [0.717, 1.165) is 45.8 Å². The average molecular weight is 231 g/mol. The minimum absolute atomic E-state index is 0.347. The van der Waals surface area contributed by atoms with E-state index >= 15 is 0 Å². The Balaban J connectivity index is 3.36. The van der Waals surface area contributed by atoms with Gasteiger partial charge in [0.15, 0.2) is 0 Å². The molecule has 3 nitrogen and oxygen atoms in total. The van der Waals surface area contributed by atoms with Gasteiger partial charge in [-0.3, -0.25) is 0 Å². The summed E-state index contributed by atoms with van der Waals surface area (Å²) in [5.74, 6) is 0. The summed E-state index contributed by atoms with van der Waals surface area (Å²) < 4.78 is 11.2. The minimum Gasteiger partial charge on any atom is -0.379 e. The summed E-state index contributed by atoms with van der Waals surface area (Å²) in [5, 5.41) is 3.33. The molecule has 1 atom stereocenters. The second kappa shape index (κ2) is 12.9. The molecule has 0 heterocycles. The molecule has 0 saturated carbocycles. The van der Waals surface area contributed by atoms with Gasteiger partial charge in [-0.1, -0.05) is 33.6 Å². The summed E-state index contributed by atoms with van der Waals surface area (Å²) in [6.45, 7) is 10.8. The molecule has 0 fully saturated rings. The van der Waals surface area contributed by atoms with Gasteiger partial charge in [0.25, 0.3) is 0 Å². The minimum atomic E-state index is 0.347. The van der Waals surface area contributed by atoms with Crippen LogP contribution in [0.2, 0.25) is 0 Å². The predicted octanol–water partition coefficient (Wildman–Crippen LogP) is 2.60. The van der Waals surface area contributed by atoms with Gasteiger partial charge < -0.3 is 14.8 Å². The Labute approximate surface area is 101 Å². The Morgan fingerprint density at radius 1 is 1.00 bits per heavy atom. The lowest BCUT2D eigenvalue weighted by Gasteiger charge is -2.17. The molecule has 0 bridgehead atoms. The molecule has 0 aromatic carbocycles. The van der Waals surface area contributed by atoms with Crippen molar-refractivity contribution in [1.82, 2.24) is 5.32 Å². The third-order valence-corrected chi connectivity index (χ3v) is 2.46. The van der Waals surface area contributed by atoms with Crippen LogP contribution in [0.3, 0.4) is 0 Å². The quantitative estimate of drug-likeness (QED) is 0.524. The SMILES string of the molecule is CCCCOCCOC(CCC)CNCC. The highest BCUT2D eigenvalue weighted by Gasteiger charge is 2.06. The standard InChI is InChI=1S/C13H29NO2/c1-4-7-9-15-10-11-16-13(8-5-2)12-14-6-3/h13-14H,4-12H2,1-3H3. The van der Waals surface area contributed by atoms with Gasteiger partial charge in [-0.2, -0.15) is 0 Å². The van der Waals surface area contributed by atoms with Crippen molar-refractivity contribution >= 4 is 0 Å². The van der Waals surface area contributed by atoms with Crippen molar-refractivity contribution in [3.63, 3.8) is 0 Å². The third-order valence-electron chi connectivity index (χ3n) is 2.46. The first-order valence-electron chi connectivity index (χ1n) is 6.75. The Kier molecular flexibility index (Phi) is 12.9. The first kappa shape index (κ1) is 15.9. The molecule has 3 heteroatoms. The van der Waals surface area contributed by atoms with Crippen molar-refractivity contribution in [3.8, 4) is 0 Å². The first-order chi connectivity index (χ1) is 7.85. The van der Waals surface area contributed by atoms with E-state index < -0.39 is 0 Å². The molecule has 1 unspecified atom stereocenters. The van der Waals surface area contributed by atoms with Crippen LogP contribution in [-0.2, 0) is 9.47 Å². The summed E-state index contributed by atoms with van der Waals surface area (Å²) in [7, 11) is 0. The molecular weight excluding hydrogens is 202 g/mol. The zero-order valence-electron chi connectivity index (χ0n) is 11.3. The van der Waals surface area contributed by atoms with Gasteiger partial charge in [-0.15, -0.1) is 0 Å². The molecule has 0 radical (unpaired) electrons. The van der Waals surface area contributed by atoms with Crippen molar-refractivity contribution in [1.29, 1.82) is 0 Å². The summed E-state index contributed by atoms with van der Waals surface area (Å²) in [4.78, 5) is 0. The van der Waals surface area contributed by atoms with Crippen LogP contribution in [0.4, 0.5) is 0 Å². The molecule has 0 aromatic rings. The van der Waals surface area contributed by atoms with Crippen LogP contribution in [0.1, 0.15) is 46.5 Å². The lowest BCUT2D eigenvalue weighted by molar-refractivity contribution is 0.00134. The Hall–Kier alpha value is -0.120. The van der Waals surface area contributed by atoms with E-state index in [0.29, 0.717) is 6.10 Å². The van der Waals surface area contributed by atoms with E-state index in [1.807, 2.05) is 0 Å². The van der Waals surface area contributed by atoms with Gasteiger partial charge in [-0.25, -0.2) is 0 Å². The lowest BCUT2D eigenvalue weighted by atomic mass is 10.2. The number of hydrogen-bond acceptors (Lipinski definition) is 3. The molecule has 0 aliphatic rings. The maximum Gasteiger partial charge on any atom is 0.0704 e. The number of rotatable bonds is 12. The van der Waals surface area contributed by atoms with E-state index in [-0.39, 0.29) is 0 Å². The average Bonchev–Trinajstić information content (AvgIpc) is 2.30. The largest absolute Gasteiger partial charge is 0.379 e. The number of unbranched alkanes of at least 4 members (excludes halogenated alkanes) is 1. The van der Waals surface area contributed by atoms with Crippen molar-refractivity contribution in [2.45, 2.75) is 52.6 Å². The van der Waals surface area contributed by atoms with Crippen molar-refractivity contribution in [3.05, 3.63) is 0 Å². The zero-order valence-corrected chi connectivity index (χ0v) is 11.3. The van der Waals surface area contributed by atoms with Crippen molar-refractivity contribution < 1.29 is 9.47 Å². The highest BCUT2D eigenvalue weighted by atomic mass is 16.5. The normalized spacial score (nSPS) is 12.9. The number of nitrogens with one attached hydrogen (secondary N) is 1. The van der Waals surface area contributed by atoms with Crippen molar-refractivity contribution in [2.24, 2.45) is 0 Å². The fourth-order valence-corrected chi connectivity index (χ4v) is 1.49. The second-order valence-electron chi connectivity index (χ2n) is 4.06. The van der Waals surface area contributed by atoms with Gasteiger partial charge in [0.05, 0.1) is 19.3 Å². The molecule has 0 amide bonds. The molecule has 0 aliphatic carbocycles. The van der Waals surface area contributed by atoms with E-state index in [2.05, 4.69) is 26.1 Å². The third kappa shape index (κ3) is 10.4. The van der Waals surface area contributed by atoms with Gasteiger partial charge in [0, 0.05) is 13.2 Å². The summed E-state index contributed by atoms with van der Waals surface area (Å²) >= 11 is 0. The Morgan fingerprint density at radius 2 is 1.81 bits per heavy atom. The fraction of sp³-hybridized carbons (Fsp3) is 1.00. The van der Waals surface area contributed by atoms with Gasteiger partial charge in [0.2, 0.25) is 0 Å². The van der Waals surface area contributed by atoms with E-state index in [1.54, 1.807) is 0 Å². The lowest BCUT2D eigenvalue weighted by Crippen LogP contribution is -2.30. The highest BCUT2D eigenvalue weighted by Crippen LogP contribution is 2.01. The second-order valence-corrected chi connectivity index (χ2v) is 4.06. The summed E-state index contributed by atoms with van der Waals surface area (Å²) in [5.41, 5.74) is 0. The fourth-order valence-electron chi connectivity index (χ4n) is 1.49. The molecule has 0 aliphatic heterocycles. The molecule has 98 valence electrons. The maximum atomic E-state index is 5.78. The maximum absolute atomic E-state index is 5.78. The highest BCUT2D eigenvalue weighted by molar-refractivity contribution is 4.60. The van der Waals surface area contributed by atoms with Crippen LogP contribution in [0.25, 0.3) is 0 Å². The van der Waals surface area contributed by atoms with Gasteiger partial charge >= 0.3 is 0 Å². The first-order valence-corrected chi connectivity index (χ1v) is 6.75. The van der Waals surface area contributed by atoms with Crippen LogP contribution in [0, 0.1) is 0 Å². The molecule has 16 heavy (non-hydrogen) atoms. The molecule has 0 saturated heterocycles. The summed E-state index contributed by atoms with van der Waals surface area (Å²) in [6, 6.07) is 0. The van der Waals surface area contributed by atoms with Crippen LogP contribution in [-0.4, -0.2) is 39.0 Å². The van der Waals surface area contributed by atoms with Gasteiger partial charge in [0.1, 0.15) is 0 Å². The van der Waals surface area contributed by atoms with Crippen LogP contribution < -0.4 is 5.32 Å². The molecule has 0 spiro atoms. The number of likely N-dealkylation sites (N-methyl/N-ethyl adjacent to an activating group) is 1. The number of hydrogen-bond donors (Lipinski definition) is 1. The monoisotopic (exact) mass is 231 g/mol. The molecular formula is C13H29NO2. The van der Waals surface area contributed by atoms with Crippen LogP contribution in [0.15, 0.2) is 0 Å². The van der Waals surface area contributed by atoms with Crippen molar-refractivity contribution in [2.75, 3.05) is 32.9 Å². The van der Waals surface area contributed by atoms with E-state index in [4.69, 9.17) is 9.47 Å². The van der Waals surface area contributed by atoms with Crippen LogP contribution in [0.5, 0.6) is 0 Å². The van der Waals surface area contributed by atoms with E-state index in [9.17, 15) is 0 Å². The summed E-state index contributed by atoms with van der Waals surface area (Å²) in [6.07, 6.45) is 4.99. The smallest absolute Gasteiger partial charge is 0.0704 e. The number of ether oxygens (including phenoxy) is 2. The molecule has 0 aromatic heterocycles. The van der Waals surface area contributed by atoms with Crippen LogP contribution >= 0.6 is 0 Å². The topological polar surface area (TPSA) is 30.5 Å². The zero-order chi connectivity index (χ0) is 12.1. The Bertz CT molecular complexity index is 131. The molecule has 0 rings (SSSR count). The molecule has 1 N–H and O–H groups in total. The van der Waals surface area contributed by atoms with Gasteiger partial charge in [-0.05, 0) is 19.4 Å². The predicted molar refractivity (Wildman–Crippen MR) is 68.9 cm³/mol. The van der Waals surface area contributed by atoms with E-state index in [1.165, 1.54) is 12.8 Å². The Morgan fingerprint density at radius 3 is 2.44 bits per heavy atom.